The summed E-state index contributed by atoms with van der Waals surface area (Å²) in [5.41, 5.74) is 1.60. The van der Waals surface area contributed by atoms with Gasteiger partial charge in [-0.15, -0.1) is 0 Å². The quantitative estimate of drug-likeness (QED) is 0.782. The first-order valence-electron chi connectivity index (χ1n) is 6.85. The number of benzene rings is 1. The van der Waals surface area contributed by atoms with Crippen molar-refractivity contribution in [3.8, 4) is 5.75 Å². The maximum absolute atomic E-state index is 13.4. The van der Waals surface area contributed by atoms with Gasteiger partial charge in [0.2, 0.25) is 0 Å². The van der Waals surface area contributed by atoms with E-state index < -0.39 is 0 Å². The summed E-state index contributed by atoms with van der Waals surface area (Å²) in [6, 6.07) is 6.77. The Morgan fingerprint density at radius 2 is 2.15 bits per heavy atom. The average Bonchev–Trinajstić information content (AvgIpc) is 2.88. The van der Waals surface area contributed by atoms with Crippen LogP contribution in [0.2, 0.25) is 0 Å². The van der Waals surface area contributed by atoms with Crippen molar-refractivity contribution < 1.29 is 13.5 Å². The number of hydrogen-bond donors (Lipinski definition) is 1. The van der Waals surface area contributed by atoms with Crippen LogP contribution in [0.1, 0.15) is 30.2 Å². The predicted octanol–water partition coefficient (Wildman–Crippen LogP) is 3.81. The molecule has 0 unspecified atom stereocenters. The van der Waals surface area contributed by atoms with Crippen molar-refractivity contribution in [2.24, 2.45) is 0 Å². The van der Waals surface area contributed by atoms with Crippen molar-refractivity contribution in [2.75, 3.05) is 6.54 Å². The minimum atomic E-state index is -0.250. The van der Waals surface area contributed by atoms with Crippen molar-refractivity contribution in [2.45, 2.75) is 33.4 Å². The first kappa shape index (κ1) is 14.6. The molecule has 2 aromatic rings. The minimum Gasteiger partial charge on any atom is -0.489 e. The molecule has 0 atom stereocenters. The number of halogens is 1. The van der Waals surface area contributed by atoms with E-state index in [0.717, 1.165) is 24.3 Å². The fourth-order valence-electron chi connectivity index (χ4n) is 1.85. The average molecular weight is 277 g/mol. The van der Waals surface area contributed by atoms with Gasteiger partial charge in [0, 0.05) is 11.6 Å². The Balaban J connectivity index is 1.93. The Labute approximate surface area is 118 Å². The lowest BCUT2D eigenvalue weighted by Gasteiger charge is -2.08. The van der Waals surface area contributed by atoms with Crippen LogP contribution in [0.5, 0.6) is 5.75 Å². The lowest BCUT2D eigenvalue weighted by Crippen LogP contribution is -2.14. The van der Waals surface area contributed by atoms with Gasteiger partial charge >= 0.3 is 0 Å². The summed E-state index contributed by atoms with van der Waals surface area (Å²) in [5, 5.41) is 3.28. The van der Waals surface area contributed by atoms with Gasteiger partial charge in [-0.3, -0.25) is 0 Å². The molecule has 0 aliphatic rings. The molecule has 1 heterocycles. The van der Waals surface area contributed by atoms with Gasteiger partial charge in [0.25, 0.3) is 0 Å². The van der Waals surface area contributed by atoms with E-state index in [2.05, 4.69) is 12.2 Å². The van der Waals surface area contributed by atoms with Crippen LogP contribution in [0.15, 0.2) is 34.9 Å². The van der Waals surface area contributed by atoms with Crippen LogP contribution >= 0.6 is 0 Å². The van der Waals surface area contributed by atoms with Crippen molar-refractivity contribution in [3.63, 3.8) is 0 Å². The normalized spacial score (nSPS) is 10.8. The smallest absolute Gasteiger partial charge is 0.129 e. The zero-order valence-corrected chi connectivity index (χ0v) is 11.9. The highest BCUT2D eigenvalue weighted by molar-refractivity contribution is 5.28. The van der Waals surface area contributed by atoms with Crippen LogP contribution in [-0.2, 0) is 13.2 Å². The molecule has 20 heavy (non-hydrogen) atoms. The minimum absolute atomic E-state index is 0.250. The first-order valence-corrected chi connectivity index (χ1v) is 6.85. The third-order valence-corrected chi connectivity index (χ3v) is 3.09. The molecule has 2 rings (SSSR count). The third kappa shape index (κ3) is 3.84. The molecular formula is C16H20FNO2. The highest BCUT2D eigenvalue weighted by atomic mass is 19.1. The van der Waals surface area contributed by atoms with Crippen molar-refractivity contribution in [1.82, 2.24) is 5.32 Å². The molecule has 0 spiro atoms. The Morgan fingerprint density at radius 1 is 1.30 bits per heavy atom. The predicted molar refractivity (Wildman–Crippen MR) is 76.2 cm³/mol. The van der Waals surface area contributed by atoms with Crippen molar-refractivity contribution in [1.29, 1.82) is 0 Å². The zero-order valence-electron chi connectivity index (χ0n) is 11.9. The third-order valence-electron chi connectivity index (χ3n) is 3.09. The summed E-state index contributed by atoms with van der Waals surface area (Å²) in [7, 11) is 0. The molecule has 0 aliphatic heterocycles. The second-order valence-electron chi connectivity index (χ2n) is 4.75. The van der Waals surface area contributed by atoms with Crippen LogP contribution in [-0.4, -0.2) is 6.54 Å². The van der Waals surface area contributed by atoms with E-state index in [4.69, 9.17) is 9.15 Å². The lowest BCUT2D eigenvalue weighted by atomic mass is 10.2. The maximum Gasteiger partial charge on any atom is 0.129 e. The van der Waals surface area contributed by atoms with E-state index in [9.17, 15) is 4.39 Å². The molecule has 0 saturated heterocycles. The number of nitrogens with one attached hydrogen (secondary N) is 1. The van der Waals surface area contributed by atoms with Crippen LogP contribution < -0.4 is 10.1 Å². The van der Waals surface area contributed by atoms with Gasteiger partial charge < -0.3 is 14.5 Å². The van der Waals surface area contributed by atoms with E-state index in [1.54, 1.807) is 25.3 Å². The molecule has 4 heteroatoms. The maximum atomic E-state index is 13.4. The molecule has 0 amide bonds. The fraction of sp³-hybridized carbons (Fsp3) is 0.375. The number of hydrogen-bond acceptors (Lipinski definition) is 3. The van der Waals surface area contributed by atoms with Crippen molar-refractivity contribution >= 4 is 0 Å². The number of ether oxygens (including phenoxy) is 1. The second-order valence-corrected chi connectivity index (χ2v) is 4.75. The Morgan fingerprint density at radius 3 is 2.90 bits per heavy atom. The summed E-state index contributed by atoms with van der Waals surface area (Å²) < 4.78 is 24.5. The standard InChI is InChI=1S/C16H20FNO2/c1-3-7-18-10-16-13(6-8-19-16)11-20-14-5-4-12(2)15(17)9-14/h4-6,8-9,18H,3,7,10-11H2,1-2H3. The SMILES string of the molecule is CCCNCc1occc1COc1ccc(C)c(F)c1. The largest absolute Gasteiger partial charge is 0.489 e. The topological polar surface area (TPSA) is 34.4 Å². The van der Waals surface area contributed by atoms with E-state index in [1.165, 1.54) is 6.07 Å². The van der Waals surface area contributed by atoms with Gasteiger partial charge in [0.1, 0.15) is 23.9 Å². The van der Waals surface area contributed by atoms with Gasteiger partial charge in [0.15, 0.2) is 0 Å². The van der Waals surface area contributed by atoms with Gasteiger partial charge in [-0.2, -0.15) is 0 Å². The number of furan rings is 1. The van der Waals surface area contributed by atoms with Crippen molar-refractivity contribution in [3.05, 3.63) is 53.2 Å². The molecule has 1 N–H and O–H groups in total. The summed E-state index contributed by atoms with van der Waals surface area (Å²) in [4.78, 5) is 0. The number of rotatable bonds is 7. The van der Waals surface area contributed by atoms with E-state index in [1.807, 2.05) is 6.07 Å². The number of aryl methyl sites for hydroxylation is 1. The molecule has 1 aromatic carbocycles. The lowest BCUT2D eigenvalue weighted by molar-refractivity contribution is 0.299. The Kier molecular flexibility index (Phi) is 5.18. The highest BCUT2D eigenvalue weighted by Gasteiger charge is 2.07. The summed E-state index contributed by atoms with van der Waals surface area (Å²) in [6.45, 7) is 5.85. The van der Waals surface area contributed by atoms with Gasteiger partial charge in [-0.1, -0.05) is 13.0 Å². The van der Waals surface area contributed by atoms with Crippen LogP contribution in [0.3, 0.4) is 0 Å². The van der Waals surface area contributed by atoms with Gasteiger partial charge in [-0.05, 0) is 37.6 Å². The van der Waals surface area contributed by atoms with Gasteiger partial charge in [0.05, 0.1) is 12.8 Å². The van der Waals surface area contributed by atoms with Crippen LogP contribution in [0, 0.1) is 12.7 Å². The van der Waals surface area contributed by atoms with Crippen LogP contribution in [0.25, 0.3) is 0 Å². The molecule has 3 nitrogen and oxygen atoms in total. The zero-order chi connectivity index (χ0) is 14.4. The van der Waals surface area contributed by atoms with E-state index in [0.29, 0.717) is 24.5 Å². The second kappa shape index (κ2) is 7.10. The molecule has 0 saturated carbocycles. The van der Waals surface area contributed by atoms with Crippen LogP contribution in [0.4, 0.5) is 4.39 Å². The molecule has 108 valence electrons. The molecule has 1 aromatic heterocycles. The monoisotopic (exact) mass is 277 g/mol. The molecule has 0 fully saturated rings. The van der Waals surface area contributed by atoms with E-state index >= 15 is 0 Å². The Hall–Kier alpha value is -1.81. The van der Waals surface area contributed by atoms with E-state index in [-0.39, 0.29) is 5.82 Å². The highest BCUT2D eigenvalue weighted by Crippen LogP contribution is 2.19. The Bertz CT molecular complexity index is 551. The first-order chi connectivity index (χ1) is 9.70. The summed E-state index contributed by atoms with van der Waals surface area (Å²) in [5.74, 6) is 1.15. The molecule has 0 bridgehead atoms. The summed E-state index contributed by atoms with van der Waals surface area (Å²) in [6.07, 6.45) is 2.73. The summed E-state index contributed by atoms with van der Waals surface area (Å²) >= 11 is 0. The molecule has 0 radical (unpaired) electrons. The molecular weight excluding hydrogens is 257 g/mol. The fourth-order valence-corrected chi connectivity index (χ4v) is 1.85. The molecule has 0 aliphatic carbocycles. The van der Waals surface area contributed by atoms with Gasteiger partial charge in [-0.25, -0.2) is 4.39 Å².